The van der Waals surface area contributed by atoms with Crippen molar-refractivity contribution in [2.45, 2.75) is 81.1 Å². The third kappa shape index (κ3) is 11.0. The van der Waals surface area contributed by atoms with Crippen LogP contribution in [-0.4, -0.2) is 94.0 Å². The van der Waals surface area contributed by atoms with E-state index in [0.717, 1.165) is 44.3 Å². The van der Waals surface area contributed by atoms with Gasteiger partial charge in [0.15, 0.2) is 0 Å². The summed E-state index contributed by atoms with van der Waals surface area (Å²) in [6.07, 6.45) is -0.181. The number of hydrogen-bond acceptors (Lipinski definition) is 16. The number of nitrogens with zero attached hydrogens (tertiary/aromatic N) is 4. The van der Waals surface area contributed by atoms with Gasteiger partial charge in [0.1, 0.15) is 22.7 Å². The highest BCUT2D eigenvalue weighted by Crippen LogP contribution is 2.45. The van der Waals surface area contributed by atoms with Crippen LogP contribution in [0, 0.1) is 27.7 Å². The Morgan fingerprint density at radius 1 is 0.500 bits per heavy atom. The molecular weight excluding hydrogens is 1050 g/mol. The zero-order valence-corrected chi connectivity index (χ0v) is 46.3. The number of hydroxylamine groups is 4. The number of imide groups is 2. The summed E-state index contributed by atoms with van der Waals surface area (Å²) in [4.78, 5) is 118. The molecule has 6 aliphatic rings. The van der Waals surface area contributed by atoms with E-state index in [9.17, 15) is 48.6 Å². The van der Waals surface area contributed by atoms with Crippen LogP contribution in [0.15, 0.2) is 104 Å². The van der Waals surface area contributed by atoms with Crippen molar-refractivity contribution in [1.82, 2.24) is 10.1 Å². The van der Waals surface area contributed by atoms with Gasteiger partial charge in [-0.05, 0) is 143 Å². The molecule has 0 unspecified atom stereocenters. The van der Waals surface area contributed by atoms with Crippen molar-refractivity contribution >= 4 is 80.8 Å². The summed E-state index contributed by atoms with van der Waals surface area (Å²) in [7, 11) is 0. The van der Waals surface area contributed by atoms with Crippen LogP contribution in [0.5, 0.6) is 0 Å². The van der Waals surface area contributed by atoms with Crippen molar-refractivity contribution < 1.29 is 67.1 Å². The van der Waals surface area contributed by atoms with Gasteiger partial charge >= 0.3 is 23.9 Å². The number of carbonyl (C=O) groups excluding carboxylic acids is 6. The molecule has 2 fully saturated rings. The lowest BCUT2D eigenvalue weighted by Gasteiger charge is -2.20. The molecule has 0 bridgehead atoms. The summed E-state index contributed by atoms with van der Waals surface area (Å²) in [6.45, 7) is 18.2. The maximum Gasteiger partial charge on any atom is 0.363 e. The molecule has 0 spiro atoms. The highest BCUT2D eigenvalue weighted by Gasteiger charge is 2.35. The standard InChI is InChI=1S/2C31H29N3O7/c1-5-32-23-14-25-21(11-16(23)3)29(22-12-17(4)24(33-6-2)15-26(22)40-25)20-13-18(7-8-19(20)30(37)38)31(39)41-34-27(35)9-10-28(34)36;1-5-32-23-14-25-21(11-16(23)3)29(22-12-17(4)24(33-6-2)15-26(22)40-25)19-8-7-18(13-20(19)30(37)38)31(39)41-34-27(35)9-10-28(34)36/h2*7-8,11-15,32H,5-6,9-10H2,1-4H3,(H,37,38). The van der Waals surface area contributed by atoms with Crippen molar-refractivity contribution in [3.05, 3.63) is 140 Å². The van der Waals surface area contributed by atoms with Crippen LogP contribution in [-0.2, 0) is 28.9 Å². The first-order chi connectivity index (χ1) is 39.2. The Balaban J connectivity index is 0.000000198. The molecule has 0 radical (unpaired) electrons. The van der Waals surface area contributed by atoms with Gasteiger partial charge < -0.3 is 39.4 Å². The number of carbonyl (C=O) groups is 8. The molecule has 4 aromatic rings. The Kier molecular flexibility index (Phi) is 16.2. The lowest BCUT2D eigenvalue weighted by molar-refractivity contribution is -0.173. The highest BCUT2D eigenvalue weighted by molar-refractivity contribution is 6.12. The number of anilines is 2. The first-order valence-electron chi connectivity index (χ1n) is 26.7. The van der Waals surface area contributed by atoms with Gasteiger partial charge in [-0.1, -0.05) is 6.07 Å². The zero-order chi connectivity index (χ0) is 58.8. The lowest BCUT2D eigenvalue weighted by atomic mass is 9.88. The predicted octanol–water partition coefficient (Wildman–Crippen LogP) is 10.2. The fourth-order valence-electron chi connectivity index (χ4n) is 10.1. The molecule has 82 heavy (non-hydrogen) atoms. The molecule has 420 valence electrons. The second-order valence-corrected chi connectivity index (χ2v) is 19.6. The normalized spacial score (nSPS) is 13.9. The molecule has 2 saturated heterocycles. The van der Waals surface area contributed by atoms with Crippen LogP contribution in [0.2, 0.25) is 0 Å². The van der Waals surface area contributed by atoms with Crippen LogP contribution in [0.25, 0.3) is 66.8 Å². The Bertz CT molecular complexity index is 4070. The number of fused-ring (bicyclic) bond motifs is 4. The SMILES string of the molecule is CCN=c1cc2oc3cc(NCC)c(C)cc3c(-c3cc(C(=O)ON4C(=O)CCC4=O)ccc3C(=O)O)c-2cc1C.CCN=c1cc2oc3cc(NCC)c(C)cc3c(-c3ccc(C(=O)ON4C(=O)CCC4=O)cc3C(=O)O)c-2cc1C. The number of nitrogens with one attached hydrogen (secondary N) is 2. The number of hydrogen-bond donors (Lipinski definition) is 4. The van der Waals surface area contributed by atoms with E-state index >= 15 is 0 Å². The van der Waals surface area contributed by atoms with E-state index in [1.54, 1.807) is 0 Å². The molecule has 4 N–H and O–H groups in total. The molecule has 2 aliphatic carbocycles. The summed E-state index contributed by atoms with van der Waals surface area (Å²) in [5, 5.41) is 30.9. The monoisotopic (exact) mass is 1110 g/mol. The number of amides is 4. The van der Waals surface area contributed by atoms with E-state index in [1.165, 1.54) is 36.4 Å². The summed E-state index contributed by atoms with van der Waals surface area (Å²) >= 11 is 0. The quantitative estimate of drug-likeness (QED) is 0.0582. The van der Waals surface area contributed by atoms with E-state index in [2.05, 4.69) is 20.6 Å². The van der Waals surface area contributed by atoms with Gasteiger partial charge in [-0.15, -0.1) is 10.1 Å². The highest BCUT2D eigenvalue weighted by atomic mass is 16.7. The number of carboxylic acids is 2. The largest absolute Gasteiger partial charge is 0.478 e. The summed E-state index contributed by atoms with van der Waals surface area (Å²) in [6, 6.07) is 23.3. The van der Waals surface area contributed by atoms with Gasteiger partial charge in [0, 0.05) is 121 Å². The molecule has 4 aromatic carbocycles. The predicted molar refractivity (Wildman–Crippen MR) is 303 cm³/mol. The van der Waals surface area contributed by atoms with Gasteiger partial charge in [0.05, 0.1) is 33.0 Å². The topological polar surface area (TPSA) is 277 Å². The number of aryl methyl sites for hydroxylation is 4. The maximum absolute atomic E-state index is 13.1. The van der Waals surface area contributed by atoms with Crippen molar-refractivity contribution in [2.75, 3.05) is 36.8 Å². The van der Waals surface area contributed by atoms with E-state index in [-0.39, 0.29) is 53.5 Å². The molecule has 4 amide bonds. The average Bonchev–Trinajstić information content (AvgIpc) is 4.08. The van der Waals surface area contributed by atoms with Crippen molar-refractivity contribution in [1.29, 1.82) is 0 Å². The van der Waals surface area contributed by atoms with Crippen LogP contribution in [0.1, 0.15) is 117 Å². The second-order valence-electron chi connectivity index (χ2n) is 19.6. The molecular formula is C62H58N6O14. The molecule has 0 aromatic heterocycles. The molecule has 20 heteroatoms. The van der Waals surface area contributed by atoms with Gasteiger partial charge in [-0.2, -0.15) is 0 Å². The Hall–Kier alpha value is -9.98. The van der Waals surface area contributed by atoms with Crippen LogP contribution < -0.4 is 21.3 Å². The minimum absolute atomic E-state index is 0.0186. The zero-order valence-electron chi connectivity index (χ0n) is 46.3. The second kappa shape index (κ2) is 23.4. The molecule has 10 rings (SSSR count). The summed E-state index contributed by atoms with van der Waals surface area (Å²) in [5.74, 6) is -5.85. The summed E-state index contributed by atoms with van der Waals surface area (Å²) < 4.78 is 12.7. The van der Waals surface area contributed by atoms with E-state index in [0.29, 0.717) is 97.6 Å². The average molecular weight is 1110 g/mol. The smallest absolute Gasteiger partial charge is 0.363 e. The molecule has 4 heterocycles. The van der Waals surface area contributed by atoms with Crippen LogP contribution in [0.4, 0.5) is 11.4 Å². The number of carboxylic acid groups (broad SMARTS) is 2. The summed E-state index contributed by atoms with van der Waals surface area (Å²) in [5.41, 5.74) is 9.25. The Labute approximate surface area is 469 Å². The third-order valence-corrected chi connectivity index (χ3v) is 14.0. The van der Waals surface area contributed by atoms with Gasteiger partial charge in [0.2, 0.25) is 0 Å². The van der Waals surface area contributed by atoms with Gasteiger partial charge in [-0.25, -0.2) is 19.2 Å². The first kappa shape index (κ1) is 56.7. The van der Waals surface area contributed by atoms with Crippen molar-refractivity contribution in [2.24, 2.45) is 9.98 Å². The van der Waals surface area contributed by atoms with Gasteiger partial charge in [0.25, 0.3) is 23.6 Å². The maximum atomic E-state index is 13.1. The van der Waals surface area contributed by atoms with Gasteiger partial charge in [-0.3, -0.25) is 29.2 Å². The molecule has 0 saturated carbocycles. The van der Waals surface area contributed by atoms with E-state index < -0.39 is 47.5 Å². The number of aromatic carboxylic acids is 2. The fraction of sp³-hybridized carbons (Fsp3) is 0.258. The minimum Gasteiger partial charge on any atom is -0.478 e. The fourth-order valence-corrected chi connectivity index (χ4v) is 10.1. The number of benzene rings is 6. The molecule has 0 atom stereocenters. The van der Waals surface area contributed by atoms with E-state index in [1.807, 2.05) is 104 Å². The lowest BCUT2D eigenvalue weighted by Crippen LogP contribution is -2.32. The third-order valence-electron chi connectivity index (χ3n) is 14.0. The first-order valence-corrected chi connectivity index (χ1v) is 26.7. The molecule has 4 aliphatic heterocycles. The Morgan fingerprint density at radius 3 is 1.33 bits per heavy atom. The van der Waals surface area contributed by atoms with Crippen LogP contribution in [0.3, 0.4) is 0 Å². The van der Waals surface area contributed by atoms with Crippen molar-refractivity contribution in [3.63, 3.8) is 0 Å². The number of rotatable bonds is 14. The minimum atomic E-state index is -1.26. The van der Waals surface area contributed by atoms with Crippen LogP contribution >= 0.6 is 0 Å². The Morgan fingerprint density at radius 2 is 0.915 bits per heavy atom. The molecule has 20 nitrogen and oxygen atoms in total. The van der Waals surface area contributed by atoms with Crippen molar-refractivity contribution in [3.8, 4) is 44.9 Å². The van der Waals surface area contributed by atoms with E-state index in [4.69, 9.17) is 18.5 Å².